The molecule has 3 heterocycles. The Morgan fingerprint density at radius 2 is 1.91 bits per heavy atom. The molecule has 2 saturated heterocycles. The quantitative estimate of drug-likeness (QED) is 0.828. The first-order chi connectivity index (χ1) is 9.79. The molecule has 2 aliphatic rings. The Bertz CT molecular complexity index is 454. The number of rotatable bonds is 4. The summed E-state index contributed by atoms with van der Waals surface area (Å²) in [6.45, 7) is 3.09. The number of fused-ring (bicyclic) bond motifs is 1. The molecule has 1 aromatic rings. The van der Waals surface area contributed by atoms with Gasteiger partial charge in [-0.3, -0.25) is 0 Å². The summed E-state index contributed by atoms with van der Waals surface area (Å²) < 4.78 is 2.03. The van der Waals surface area contributed by atoms with Gasteiger partial charge in [0.2, 0.25) is 0 Å². The largest absolute Gasteiger partial charge is 0.324 e. The van der Waals surface area contributed by atoms with E-state index in [1.54, 1.807) is 0 Å². The van der Waals surface area contributed by atoms with Crippen molar-refractivity contribution in [2.45, 2.75) is 49.8 Å². The van der Waals surface area contributed by atoms with Gasteiger partial charge in [0.1, 0.15) is 5.82 Å². The molecule has 0 aromatic carbocycles. The average Bonchev–Trinajstić information content (AvgIpc) is 2.85. The molecule has 128 valence electrons. The monoisotopic (exact) mass is 367 g/mol. The van der Waals surface area contributed by atoms with Gasteiger partial charge in [-0.05, 0) is 44.7 Å². The molecule has 2 aliphatic heterocycles. The zero-order chi connectivity index (χ0) is 13.9. The molecule has 22 heavy (non-hydrogen) atoms. The normalized spacial score (nSPS) is 25.0. The Kier molecular flexibility index (Phi) is 8.49. The molecule has 0 aliphatic carbocycles. The second-order valence-corrected chi connectivity index (χ2v) is 6.96. The number of hydrogen-bond acceptors (Lipinski definition) is 5. The van der Waals surface area contributed by atoms with Gasteiger partial charge in [-0.15, -0.1) is 35.0 Å². The highest BCUT2D eigenvalue weighted by molar-refractivity contribution is 7.99. The van der Waals surface area contributed by atoms with Crippen LogP contribution in [-0.2, 0) is 13.6 Å². The summed E-state index contributed by atoms with van der Waals surface area (Å²) in [5.41, 5.74) is 5.65. The van der Waals surface area contributed by atoms with Crippen molar-refractivity contribution in [3.63, 3.8) is 0 Å². The molecule has 0 radical (unpaired) electrons. The topological polar surface area (TPSA) is 60.0 Å². The zero-order valence-electron chi connectivity index (χ0n) is 13.1. The maximum Gasteiger partial charge on any atom is 0.190 e. The molecule has 2 atom stereocenters. The summed E-state index contributed by atoms with van der Waals surface area (Å²) in [6, 6.07) is 0.812. The van der Waals surface area contributed by atoms with Gasteiger partial charge in [0.15, 0.2) is 5.16 Å². The van der Waals surface area contributed by atoms with Crippen molar-refractivity contribution in [2.75, 3.05) is 18.8 Å². The molecule has 0 amide bonds. The molecule has 0 spiro atoms. The van der Waals surface area contributed by atoms with Crippen LogP contribution in [0.4, 0.5) is 0 Å². The summed E-state index contributed by atoms with van der Waals surface area (Å²) in [6.07, 6.45) is 6.91. The van der Waals surface area contributed by atoms with Crippen molar-refractivity contribution in [3.8, 4) is 0 Å². The molecule has 2 fully saturated rings. The maximum atomic E-state index is 5.65. The fourth-order valence-corrected chi connectivity index (χ4v) is 4.75. The fourth-order valence-electron chi connectivity index (χ4n) is 3.60. The van der Waals surface area contributed by atoms with Gasteiger partial charge in [0.05, 0.1) is 6.54 Å². The van der Waals surface area contributed by atoms with Crippen LogP contribution in [0.15, 0.2) is 5.16 Å². The lowest BCUT2D eigenvalue weighted by Gasteiger charge is -2.44. The van der Waals surface area contributed by atoms with E-state index in [4.69, 9.17) is 5.73 Å². The SMILES string of the molecule is Cl.Cl.Cn1c(CN)nnc1SC[C@@H]1CCCN2CCCC[C@H]12. The Hall–Kier alpha value is -0.0100. The highest BCUT2D eigenvalue weighted by atomic mass is 35.5. The minimum atomic E-state index is 0. The van der Waals surface area contributed by atoms with Crippen LogP contribution in [0.5, 0.6) is 0 Å². The van der Waals surface area contributed by atoms with Crippen LogP contribution in [0, 0.1) is 5.92 Å². The van der Waals surface area contributed by atoms with E-state index in [2.05, 4.69) is 15.1 Å². The number of thioether (sulfide) groups is 1. The first-order valence-corrected chi connectivity index (χ1v) is 8.73. The molecule has 3 rings (SSSR count). The molecule has 0 bridgehead atoms. The fraction of sp³-hybridized carbons (Fsp3) is 0.857. The minimum Gasteiger partial charge on any atom is -0.324 e. The van der Waals surface area contributed by atoms with Crippen molar-refractivity contribution in [2.24, 2.45) is 18.7 Å². The summed E-state index contributed by atoms with van der Waals surface area (Å²) in [5, 5.41) is 9.41. The first kappa shape index (κ1) is 20.0. The van der Waals surface area contributed by atoms with Gasteiger partial charge < -0.3 is 15.2 Å². The number of nitrogens with two attached hydrogens (primary N) is 1. The Morgan fingerprint density at radius 1 is 1.14 bits per heavy atom. The van der Waals surface area contributed by atoms with Crippen molar-refractivity contribution >= 4 is 36.6 Å². The lowest BCUT2D eigenvalue weighted by atomic mass is 9.85. The highest BCUT2D eigenvalue weighted by Gasteiger charge is 2.33. The average molecular weight is 368 g/mol. The van der Waals surface area contributed by atoms with Crippen LogP contribution >= 0.6 is 36.6 Å². The van der Waals surface area contributed by atoms with Gasteiger partial charge in [0, 0.05) is 18.8 Å². The van der Waals surface area contributed by atoms with Crippen molar-refractivity contribution < 1.29 is 0 Å². The van der Waals surface area contributed by atoms with Crippen LogP contribution < -0.4 is 5.73 Å². The first-order valence-electron chi connectivity index (χ1n) is 7.74. The van der Waals surface area contributed by atoms with E-state index < -0.39 is 0 Å². The summed E-state index contributed by atoms with van der Waals surface area (Å²) in [5.74, 6) is 2.85. The van der Waals surface area contributed by atoms with E-state index in [0.717, 1.165) is 28.7 Å². The van der Waals surface area contributed by atoms with Crippen molar-refractivity contribution in [1.29, 1.82) is 0 Å². The number of hydrogen-bond donors (Lipinski definition) is 1. The minimum absolute atomic E-state index is 0. The van der Waals surface area contributed by atoms with E-state index in [0.29, 0.717) is 6.54 Å². The molecular formula is C14H27Cl2N5S. The molecule has 0 saturated carbocycles. The smallest absolute Gasteiger partial charge is 0.190 e. The van der Waals surface area contributed by atoms with Crippen LogP contribution in [0.1, 0.15) is 37.9 Å². The third-order valence-corrected chi connectivity index (χ3v) is 5.97. The molecule has 2 N–H and O–H groups in total. The highest BCUT2D eigenvalue weighted by Crippen LogP contribution is 2.34. The summed E-state index contributed by atoms with van der Waals surface area (Å²) in [4.78, 5) is 2.72. The number of nitrogens with zero attached hydrogens (tertiary/aromatic N) is 4. The third-order valence-electron chi connectivity index (χ3n) is 4.76. The summed E-state index contributed by atoms with van der Waals surface area (Å²) >= 11 is 1.85. The van der Waals surface area contributed by atoms with Gasteiger partial charge >= 0.3 is 0 Å². The van der Waals surface area contributed by atoms with E-state index in [-0.39, 0.29) is 24.8 Å². The van der Waals surface area contributed by atoms with E-state index in [9.17, 15) is 0 Å². The third kappa shape index (κ3) is 4.29. The Balaban J connectivity index is 0.00000121. The van der Waals surface area contributed by atoms with Crippen LogP contribution in [0.3, 0.4) is 0 Å². The van der Waals surface area contributed by atoms with Gasteiger partial charge in [0.25, 0.3) is 0 Å². The lowest BCUT2D eigenvalue weighted by molar-refractivity contribution is 0.0693. The van der Waals surface area contributed by atoms with E-state index in [1.807, 2.05) is 23.4 Å². The maximum absolute atomic E-state index is 5.65. The Morgan fingerprint density at radius 3 is 2.64 bits per heavy atom. The van der Waals surface area contributed by atoms with Crippen molar-refractivity contribution in [1.82, 2.24) is 19.7 Å². The summed E-state index contributed by atoms with van der Waals surface area (Å²) in [7, 11) is 2.01. The molecular weight excluding hydrogens is 341 g/mol. The van der Waals surface area contributed by atoms with Gasteiger partial charge in [-0.1, -0.05) is 18.2 Å². The van der Waals surface area contributed by atoms with E-state index >= 15 is 0 Å². The standard InChI is InChI=1S/C14H25N5S.2ClH/c1-18-13(9-15)16-17-14(18)20-10-11-5-4-8-19-7-3-2-6-12(11)19;;/h11-12H,2-10,15H2,1H3;2*1H/t11-,12+;;/m0../s1. The van der Waals surface area contributed by atoms with E-state index in [1.165, 1.54) is 45.2 Å². The predicted molar refractivity (Wildman–Crippen MR) is 96.1 cm³/mol. The zero-order valence-corrected chi connectivity index (χ0v) is 15.6. The molecule has 0 unspecified atom stereocenters. The van der Waals surface area contributed by atoms with Gasteiger partial charge in [-0.2, -0.15) is 0 Å². The molecule has 5 nitrogen and oxygen atoms in total. The van der Waals surface area contributed by atoms with Crippen molar-refractivity contribution in [3.05, 3.63) is 5.82 Å². The number of aromatic nitrogens is 3. The van der Waals surface area contributed by atoms with Gasteiger partial charge in [-0.25, -0.2) is 0 Å². The molecule has 8 heteroatoms. The predicted octanol–water partition coefficient (Wildman–Crippen LogP) is 2.47. The van der Waals surface area contributed by atoms with Crippen LogP contribution in [0.25, 0.3) is 0 Å². The van der Waals surface area contributed by atoms with Crippen LogP contribution in [-0.4, -0.2) is 44.5 Å². The Labute approximate surface area is 149 Å². The number of halogens is 2. The second-order valence-electron chi connectivity index (χ2n) is 5.97. The number of piperidine rings is 2. The second kappa shape index (κ2) is 9.33. The lowest BCUT2D eigenvalue weighted by Crippen LogP contribution is -2.48. The molecule has 1 aromatic heterocycles. The van der Waals surface area contributed by atoms with Crippen LogP contribution in [0.2, 0.25) is 0 Å².